The van der Waals surface area contributed by atoms with Crippen LogP contribution in [0.1, 0.15) is 19.4 Å². The molecule has 0 aliphatic carbocycles. The standard InChI is InChI=1S/C21H16NO.C5H8O2.Ir/c1-15-8-9-17(16-6-4-3-5-7-16)14-19(15)21-18-11-13-23-20(18)10-12-22(21)2;1-4(6)3-5(2)7;/h3-14H,1-2H2;3,6H,1-2H3;/q-1;;. The average molecular weight is 591 g/mol. The zero-order valence-corrected chi connectivity index (χ0v) is 19.9. The first kappa shape index (κ1) is 24.0. The van der Waals surface area contributed by atoms with Crippen LogP contribution in [0, 0.1) is 14.0 Å². The van der Waals surface area contributed by atoms with E-state index in [1.165, 1.54) is 25.5 Å². The number of aliphatic hydroxyl groups excluding tert-OH is 1. The quantitative estimate of drug-likeness (QED) is 0.140. The van der Waals surface area contributed by atoms with E-state index in [-0.39, 0.29) is 31.6 Å². The van der Waals surface area contributed by atoms with Gasteiger partial charge in [0.1, 0.15) is 5.58 Å². The van der Waals surface area contributed by atoms with Gasteiger partial charge in [0.2, 0.25) is 0 Å². The van der Waals surface area contributed by atoms with Crippen LogP contribution in [0.5, 0.6) is 0 Å². The van der Waals surface area contributed by atoms with Gasteiger partial charge in [-0.3, -0.25) is 4.79 Å². The Morgan fingerprint density at radius 1 is 1.03 bits per heavy atom. The van der Waals surface area contributed by atoms with Crippen LogP contribution in [0.25, 0.3) is 33.4 Å². The van der Waals surface area contributed by atoms with Crippen molar-refractivity contribution in [2.24, 2.45) is 0 Å². The van der Waals surface area contributed by atoms with Crippen molar-refractivity contribution in [3.63, 3.8) is 0 Å². The first-order valence-electron chi connectivity index (χ1n) is 9.49. The van der Waals surface area contributed by atoms with Crippen LogP contribution in [0.15, 0.2) is 89.4 Å². The molecule has 0 fully saturated rings. The van der Waals surface area contributed by atoms with Crippen LogP contribution >= 0.6 is 0 Å². The summed E-state index contributed by atoms with van der Waals surface area (Å²) in [5.74, 6) is -0.0625. The number of furan rings is 1. The van der Waals surface area contributed by atoms with Crippen molar-refractivity contribution in [3.8, 4) is 22.4 Å². The summed E-state index contributed by atoms with van der Waals surface area (Å²) in [5.41, 5.74) is 6.24. The number of benzene rings is 2. The average Bonchev–Trinajstić information content (AvgIpc) is 3.17. The van der Waals surface area contributed by atoms with Crippen molar-refractivity contribution in [1.82, 2.24) is 0 Å². The van der Waals surface area contributed by atoms with Crippen molar-refractivity contribution in [1.29, 1.82) is 0 Å². The fourth-order valence-electron chi connectivity index (χ4n) is 3.23. The largest absolute Gasteiger partial charge is 0.512 e. The van der Waals surface area contributed by atoms with Crippen LogP contribution in [0.3, 0.4) is 0 Å². The summed E-state index contributed by atoms with van der Waals surface area (Å²) in [6.45, 7) is 7.04. The molecule has 161 valence electrons. The molecule has 4 rings (SSSR count). The number of fused-ring (bicyclic) bond motifs is 1. The van der Waals surface area contributed by atoms with Gasteiger partial charge in [0.05, 0.1) is 23.9 Å². The Morgan fingerprint density at radius 2 is 1.74 bits per heavy atom. The van der Waals surface area contributed by atoms with E-state index in [1.807, 2.05) is 41.1 Å². The third-order valence-corrected chi connectivity index (χ3v) is 4.53. The molecule has 1 radical (unpaired) electrons. The molecule has 0 aliphatic heterocycles. The number of aromatic nitrogens is 1. The van der Waals surface area contributed by atoms with Gasteiger partial charge in [-0.1, -0.05) is 30.3 Å². The molecule has 0 saturated carbocycles. The van der Waals surface area contributed by atoms with E-state index in [9.17, 15) is 4.79 Å². The number of carbonyl (C=O) groups excluding carboxylic acids is 1. The molecule has 2 heterocycles. The van der Waals surface area contributed by atoms with E-state index in [0.29, 0.717) is 0 Å². The molecule has 4 nitrogen and oxygen atoms in total. The summed E-state index contributed by atoms with van der Waals surface area (Å²) < 4.78 is 7.40. The zero-order valence-electron chi connectivity index (χ0n) is 17.5. The second-order valence-electron chi connectivity index (χ2n) is 6.97. The number of nitrogens with zero attached hydrogens (tertiary/aromatic N) is 1. The minimum atomic E-state index is -0.125. The fraction of sp³-hybridized carbons (Fsp3) is 0.0769. The van der Waals surface area contributed by atoms with Gasteiger partial charge in [0.15, 0.2) is 5.78 Å². The molecule has 2 aromatic heterocycles. The molecular weight excluding hydrogens is 567 g/mol. The smallest absolute Gasteiger partial charge is 0.155 e. The zero-order chi connectivity index (χ0) is 21.7. The maximum atomic E-state index is 10.0. The van der Waals surface area contributed by atoms with Gasteiger partial charge in [-0.25, -0.2) is 0 Å². The number of pyridine rings is 1. The maximum Gasteiger partial charge on any atom is 0.155 e. The first-order valence-corrected chi connectivity index (χ1v) is 9.49. The van der Waals surface area contributed by atoms with Crippen LogP contribution < -0.4 is 4.57 Å². The van der Waals surface area contributed by atoms with Crippen LogP contribution in [-0.2, 0) is 24.9 Å². The SMILES string of the molecule is CC(=O)C=C(C)O.[CH2-]c1ccc(-c2ccccc2)cc1-c1c2ccoc2cc[n+]1[CH2-].[Ir]. The van der Waals surface area contributed by atoms with Gasteiger partial charge >= 0.3 is 0 Å². The minimum Gasteiger partial charge on any atom is -0.512 e. The van der Waals surface area contributed by atoms with E-state index in [4.69, 9.17) is 9.52 Å². The number of aliphatic hydroxyl groups is 1. The predicted molar refractivity (Wildman–Crippen MR) is 120 cm³/mol. The van der Waals surface area contributed by atoms with Crippen LogP contribution in [0.4, 0.5) is 0 Å². The predicted octanol–water partition coefficient (Wildman–Crippen LogP) is 5.91. The summed E-state index contributed by atoms with van der Waals surface area (Å²) in [5, 5.41) is 9.40. The minimum absolute atomic E-state index is 0. The fourth-order valence-corrected chi connectivity index (χ4v) is 3.23. The van der Waals surface area contributed by atoms with Crippen LogP contribution in [0.2, 0.25) is 0 Å². The van der Waals surface area contributed by atoms with E-state index in [1.54, 1.807) is 6.26 Å². The van der Waals surface area contributed by atoms with Gasteiger partial charge in [-0.2, -0.15) is 18.6 Å². The molecule has 4 aromatic rings. The molecule has 0 atom stereocenters. The first-order chi connectivity index (χ1) is 14.4. The van der Waals surface area contributed by atoms with E-state index >= 15 is 0 Å². The molecule has 0 amide bonds. The third-order valence-electron chi connectivity index (χ3n) is 4.53. The number of hydrogen-bond donors (Lipinski definition) is 1. The Hall–Kier alpha value is -3.27. The normalized spacial score (nSPS) is 10.7. The third kappa shape index (κ3) is 5.88. The topological polar surface area (TPSA) is 54.3 Å². The number of carbonyl (C=O) groups is 1. The number of rotatable bonds is 3. The number of allylic oxidation sites excluding steroid dienone is 2. The van der Waals surface area contributed by atoms with E-state index in [0.717, 1.165) is 33.4 Å². The second kappa shape index (κ2) is 10.7. The molecular formula is C26H24IrNO3-. The summed E-state index contributed by atoms with van der Waals surface area (Å²) in [6.07, 6.45) is 4.79. The van der Waals surface area contributed by atoms with Crippen molar-refractivity contribution >= 4 is 16.8 Å². The van der Waals surface area contributed by atoms with Crippen molar-refractivity contribution < 1.29 is 39.0 Å². The number of ketones is 1. The Kier molecular flexibility index (Phi) is 8.26. The molecule has 0 saturated heterocycles. The molecule has 2 aromatic carbocycles. The van der Waals surface area contributed by atoms with Gasteiger partial charge < -0.3 is 14.1 Å². The Bertz CT molecular complexity index is 1210. The molecule has 5 heteroatoms. The van der Waals surface area contributed by atoms with Crippen LogP contribution in [-0.4, -0.2) is 10.9 Å². The number of hydrogen-bond acceptors (Lipinski definition) is 3. The van der Waals surface area contributed by atoms with Gasteiger partial charge in [0.25, 0.3) is 0 Å². The van der Waals surface area contributed by atoms with Crippen molar-refractivity contribution in [2.45, 2.75) is 13.8 Å². The molecule has 0 spiro atoms. The monoisotopic (exact) mass is 591 g/mol. The Labute approximate surface area is 196 Å². The van der Waals surface area contributed by atoms with E-state index < -0.39 is 0 Å². The maximum absolute atomic E-state index is 10.0. The Morgan fingerprint density at radius 3 is 2.35 bits per heavy atom. The summed E-state index contributed by atoms with van der Waals surface area (Å²) in [6, 6.07) is 20.6. The second-order valence-corrected chi connectivity index (χ2v) is 6.97. The molecule has 0 aliphatic rings. The van der Waals surface area contributed by atoms with Gasteiger partial charge in [-0.05, 0) is 37.1 Å². The van der Waals surface area contributed by atoms with E-state index in [2.05, 4.69) is 44.3 Å². The van der Waals surface area contributed by atoms with Gasteiger partial charge in [-0.15, -0.1) is 17.7 Å². The Balaban J connectivity index is 0.000000373. The molecule has 1 N–H and O–H groups in total. The molecule has 0 bridgehead atoms. The summed E-state index contributed by atoms with van der Waals surface area (Å²) in [4.78, 5) is 10.0. The van der Waals surface area contributed by atoms with Gasteiger partial charge in [0, 0.05) is 38.6 Å². The molecule has 0 unspecified atom stereocenters. The van der Waals surface area contributed by atoms with Crippen molar-refractivity contribution in [3.05, 3.63) is 104 Å². The molecule has 31 heavy (non-hydrogen) atoms. The van der Waals surface area contributed by atoms with Crippen molar-refractivity contribution in [2.75, 3.05) is 0 Å². The summed E-state index contributed by atoms with van der Waals surface area (Å²) in [7, 11) is 4.12. The summed E-state index contributed by atoms with van der Waals surface area (Å²) >= 11 is 0.